The number of rotatable bonds is 5. The van der Waals surface area contributed by atoms with E-state index >= 15 is 0 Å². The van der Waals surface area contributed by atoms with Crippen LogP contribution in [0, 0.1) is 0 Å². The topological polar surface area (TPSA) is 61.8 Å². The van der Waals surface area contributed by atoms with Crippen molar-refractivity contribution in [1.82, 2.24) is 0 Å². The van der Waals surface area contributed by atoms with Gasteiger partial charge < -0.3 is 14.2 Å². The third-order valence-electron chi connectivity index (χ3n) is 3.79. The highest BCUT2D eigenvalue weighted by Crippen LogP contribution is 2.28. The summed E-state index contributed by atoms with van der Waals surface area (Å²) in [4.78, 5) is 24.1. The standard InChI is InChI=1S/C19H17BrO5/c20-17-16(25-19(22)14-9-5-2-6-10-14)11-15(24-17)12-23-18(21)13-7-3-1-4-8-13/h1-10,15-17H,11-12H2/t15-,16+,17?/m0/s1. The monoisotopic (exact) mass is 404 g/mol. The Morgan fingerprint density at radius 3 is 2.12 bits per heavy atom. The molecule has 0 aliphatic carbocycles. The lowest BCUT2D eigenvalue weighted by atomic mass is 10.2. The molecule has 1 aliphatic rings. The van der Waals surface area contributed by atoms with Gasteiger partial charge in [-0.25, -0.2) is 9.59 Å². The van der Waals surface area contributed by atoms with Gasteiger partial charge in [-0.15, -0.1) is 0 Å². The van der Waals surface area contributed by atoms with E-state index in [4.69, 9.17) is 14.2 Å². The van der Waals surface area contributed by atoms with Crippen molar-refractivity contribution in [2.45, 2.75) is 23.6 Å². The van der Waals surface area contributed by atoms with Crippen LogP contribution in [0.1, 0.15) is 27.1 Å². The Hall–Kier alpha value is -2.18. The molecule has 0 amide bonds. The summed E-state index contributed by atoms with van der Waals surface area (Å²) in [5.41, 5.74) is 0.976. The van der Waals surface area contributed by atoms with Gasteiger partial charge in [0, 0.05) is 6.42 Å². The summed E-state index contributed by atoms with van der Waals surface area (Å²) in [6, 6.07) is 17.5. The first kappa shape index (κ1) is 17.6. The molecule has 0 N–H and O–H groups in total. The van der Waals surface area contributed by atoms with Gasteiger partial charge in [0.25, 0.3) is 0 Å². The Balaban J connectivity index is 1.50. The number of halogens is 1. The lowest BCUT2D eigenvalue weighted by Gasteiger charge is -2.13. The maximum Gasteiger partial charge on any atom is 0.338 e. The molecule has 0 radical (unpaired) electrons. The molecule has 6 heteroatoms. The van der Waals surface area contributed by atoms with E-state index in [1.807, 2.05) is 12.1 Å². The summed E-state index contributed by atoms with van der Waals surface area (Å²) >= 11 is 3.36. The summed E-state index contributed by atoms with van der Waals surface area (Å²) in [6.07, 6.45) is -0.310. The number of carbonyl (C=O) groups excluding carboxylic acids is 2. The van der Waals surface area contributed by atoms with Gasteiger partial charge in [-0.1, -0.05) is 52.3 Å². The molecule has 130 valence electrons. The molecule has 0 aromatic heterocycles. The van der Waals surface area contributed by atoms with E-state index in [0.717, 1.165) is 0 Å². The van der Waals surface area contributed by atoms with Crippen molar-refractivity contribution in [3.05, 3.63) is 71.8 Å². The molecule has 1 heterocycles. The van der Waals surface area contributed by atoms with Crippen LogP contribution in [0.5, 0.6) is 0 Å². The van der Waals surface area contributed by atoms with Gasteiger partial charge in [-0.2, -0.15) is 0 Å². The number of hydrogen-bond acceptors (Lipinski definition) is 5. The van der Waals surface area contributed by atoms with Gasteiger partial charge in [0.1, 0.15) is 17.7 Å². The van der Waals surface area contributed by atoms with Gasteiger partial charge in [0.2, 0.25) is 0 Å². The van der Waals surface area contributed by atoms with Crippen LogP contribution in [0.4, 0.5) is 0 Å². The minimum atomic E-state index is -0.437. The van der Waals surface area contributed by atoms with Gasteiger partial charge in [0.15, 0.2) is 0 Å². The molecule has 0 spiro atoms. The van der Waals surface area contributed by atoms with E-state index in [9.17, 15) is 9.59 Å². The van der Waals surface area contributed by atoms with Crippen molar-refractivity contribution in [2.75, 3.05) is 6.61 Å². The molecule has 0 bridgehead atoms. The highest BCUT2D eigenvalue weighted by atomic mass is 79.9. The third kappa shape index (κ3) is 4.67. The van der Waals surface area contributed by atoms with Crippen LogP contribution >= 0.6 is 15.9 Å². The predicted molar refractivity (Wildman–Crippen MR) is 94.6 cm³/mol. The smallest absolute Gasteiger partial charge is 0.338 e. The summed E-state index contributed by atoms with van der Waals surface area (Å²) in [7, 11) is 0. The largest absolute Gasteiger partial charge is 0.459 e. The van der Waals surface area contributed by atoms with E-state index in [-0.39, 0.29) is 12.7 Å². The highest BCUT2D eigenvalue weighted by Gasteiger charge is 2.37. The zero-order valence-electron chi connectivity index (χ0n) is 13.3. The minimum Gasteiger partial charge on any atom is -0.459 e. The second-order valence-corrected chi connectivity index (χ2v) is 6.52. The molecule has 3 rings (SSSR count). The lowest BCUT2D eigenvalue weighted by molar-refractivity contribution is 0.00408. The SMILES string of the molecule is O=C(OC[C@@H]1C[C@@H](OC(=O)c2ccccc2)C(Br)O1)c1ccccc1. The van der Waals surface area contributed by atoms with Gasteiger partial charge in [0.05, 0.1) is 17.2 Å². The molecule has 3 atom stereocenters. The van der Waals surface area contributed by atoms with Crippen LogP contribution in [0.3, 0.4) is 0 Å². The average Bonchev–Trinajstić information content (AvgIpc) is 3.00. The van der Waals surface area contributed by atoms with Crippen molar-refractivity contribution in [3.63, 3.8) is 0 Å². The number of esters is 2. The van der Waals surface area contributed by atoms with E-state index in [1.165, 1.54) is 0 Å². The summed E-state index contributed by atoms with van der Waals surface area (Å²) < 4.78 is 16.4. The maximum atomic E-state index is 12.1. The first-order valence-corrected chi connectivity index (χ1v) is 8.83. The molecule has 1 fully saturated rings. The van der Waals surface area contributed by atoms with E-state index in [0.29, 0.717) is 17.5 Å². The molecule has 1 saturated heterocycles. The fourth-order valence-corrected chi connectivity index (χ4v) is 3.14. The van der Waals surface area contributed by atoms with Crippen LogP contribution in [0.25, 0.3) is 0 Å². The third-order valence-corrected chi connectivity index (χ3v) is 4.59. The molecular formula is C19H17BrO5. The lowest BCUT2D eigenvalue weighted by Crippen LogP contribution is -2.23. The van der Waals surface area contributed by atoms with Crippen molar-refractivity contribution < 1.29 is 23.8 Å². The molecular weight excluding hydrogens is 388 g/mol. The zero-order chi connectivity index (χ0) is 17.6. The zero-order valence-corrected chi connectivity index (χ0v) is 14.9. The highest BCUT2D eigenvalue weighted by molar-refractivity contribution is 9.09. The molecule has 1 aliphatic heterocycles. The van der Waals surface area contributed by atoms with Crippen LogP contribution in [0.2, 0.25) is 0 Å². The van der Waals surface area contributed by atoms with Gasteiger partial charge in [-0.05, 0) is 24.3 Å². The minimum absolute atomic E-state index is 0.106. The molecule has 2 aromatic carbocycles. The summed E-state index contributed by atoms with van der Waals surface area (Å²) in [5, 5.41) is -0.430. The molecule has 5 nitrogen and oxygen atoms in total. The van der Waals surface area contributed by atoms with Crippen molar-refractivity contribution in [1.29, 1.82) is 0 Å². The van der Waals surface area contributed by atoms with Crippen LogP contribution in [0.15, 0.2) is 60.7 Å². The molecule has 0 saturated carbocycles. The van der Waals surface area contributed by atoms with Crippen LogP contribution in [-0.4, -0.2) is 35.8 Å². The number of hydrogen-bond donors (Lipinski definition) is 0. The Bertz CT molecular complexity index is 719. The van der Waals surface area contributed by atoms with E-state index in [1.54, 1.807) is 48.5 Å². The number of alkyl halides is 1. The average molecular weight is 405 g/mol. The van der Waals surface area contributed by atoms with Crippen LogP contribution in [-0.2, 0) is 14.2 Å². The normalized spacial score (nSPS) is 22.4. The summed E-state index contributed by atoms with van der Waals surface area (Å²) in [5.74, 6) is -0.805. The Morgan fingerprint density at radius 2 is 1.52 bits per heavy atom. The number of benzene rings is 2. The molecule has 25 heavy (non-hydrogen) atoms. The molecule has 2 aromatic rings. The van der Waals surface area contributed by atoms with Crippen molar-refractivity contribution in [2.24, 2.45) is 0 Å². The Morgan fingerprint density at radius 1 is 0.960 bits per heavy atom. The first-order chi connectivity index (χ1) is 12.1. The summed E-state index contributed by atoms with van der Waals surface area (Å²) in [6.45, 7) is 0.106. The number of carbonyl (C=O) groups is 2. The van der Waals surface area contributed by atoms with Crippen LogP contribution < -0.4 is 0 Å². The van der Waals surface area contributed by atoms with Gasteiger partial charge in [-0.3, -0.25) is 0 Å². The second-order valence-electron chi connectivity index (χ2n) is 5.62. The van der Waals surface area contributed by atoms with Gasteiger partial charge >= 0.3 is 11.9 Å². The quantitative estimate of drug-likeness (QED) is 0.562. The van der Waals surface area contributed by atoms with Crippen molar-refractivity contribution in [3.8, 4) is 0 Å². The Kier molecular flexibility index (Phi) is 5.83. The predicted octanol–water partition coefficient (Wildman–Crippen LogP) is 3.58. The van der Waals surface area contributed by atoms with E-state index in [2.05, 4.69) is 15.9 Å². The van der Waals surface area contributed by atoms with Crippen molar-refractivity contribution >= 4 is 27.9 Å². The first-order valence-electron chi connectivity index (χ1n) is 7.91. The fraction of sp³-hybridized carbons (Fsp3) is 0.263. The fourth-order valence-electron chi connectivity index (χ4n) is 2.51. The number of ether oxygens (including phenoxy) is 3. The molecule has 1 unspecified atom stereocenters. The maximum absolute atomic E-state index is 12.1. The van der Waals surface area contributed by atoms with E-state index < -0.39 is 23.1 Å². The Labute approximate surface area is 154 Å². The second kappa shape index (κ2) is 8.27.